The molecule has 0 aliphatic rings. The molecule has 0 aliphatic carbocycles. The second-order valence-corrected chi connectivity index (χ2v) is 6.31. The largest absolute Gasteiger partial charge is 0.493 e. The number of halogens is 2. The molecule has 0 heterocycles. The molecule has 1 N–H and O–H groups in total. The van der Waals surface area contributed by atoms with Gasteiger partial charge in [0.05, 0.1) is 30.8 Å². The van der Waals surface area contributed by atoms with E-state index in [1.165, 1.54) is 18.2 Å². The van der Waals surface area contributed by atoms with E-state index in [1.807, 2.05) is 31.1 Å². The summed E-state index contributed by atoms with van der Waals surface area (Å²) < 4.78 is 24.5. The predicted octanol–water partition coefficient (Wildman–Crippen LogP) is 3.53. The average Bonchev–Trinajstić information content (AvgIpc) is 2.61. The van der Waals surface area contributed by atoms with Crippen molar-refractivity contribution in [1.82, 2.24) is 10.2 Å². The van der Waals surface area contributed by atoms with Crippen LogP contribution in [0.2, 0.25) is 5.02 Å². The number of hydrogen-bond acceptors (Lipinski definition) is 4. The first-order valence-corrected chi connectivity index (χ1v) is 8.37. The Labute approximate surface area is 157 Å². The molecule has 1 atom stereocenters. The van der Waals surface area contributed by atoms with Crippen molar-refractivity contribution >= 4 is 17.5 Å². The lowest BCUT2D eigenvalue weighted by molar-refractivity contribution is 0.0938. The van der Waals surface area contributed by atoms with E-state index in [2.05, 4.69) is 5.32 Å². The van der Waals surface area contributed by atoms with Gasteiger partial charge in [-0.05, 0) is 43.9 Å². The van der Waals surface area contributed by atoms with Crippen LogP contribution in [0.1, 0.15) is 22.0 Å². The number of benzene rings is 2. The Morgan fingerprint density at radius 2 is 1.88 bits per heavy atom. The highest BCUT2D eigenvalue weighted by Gasteiger charge is 2.20. The summed E-state index contributed by atoms with van der Waals surface area (Å²) in [5.74, 6) is 0.0131. The number of likely N-dealkylation sites (N-methyl/N-ethyl adjacent to an activating group) is 1. The molecule has 0 bridgehead atoms. The van der Waals surface area contributed by atoms with Crippen LogP contribution in [0.5, 0.6) is 11.5 Å². The summed E-state index contributed by atoms with van der Waals surface area (Å²) in [7, 11) is 6.92. The highest BCUT2D eigenvalue weighted by Crippen LogP contribution is 2.31. The fourth-order valence-corrected chi connectivity index (χ4v) is 2.90. The van der Waals surface area contributed by atoms with Crippen molar-refractivity contribution in [3.8, 4) is 11.5 Å². The Hall–Kier alpha value is -2.31. The first-order chi connectivity index (χ1) is 12.4. The minimum Gasteiger partial charge on any atom is -0.493 e. The number of hydrogen-bond donors (Lipinski definition) is 1. The van der Waals surface area contributed by atoms with E-state index < -0.39 is 11.7 Å². The molecule has 2 aromatic rings. The van der Waals surface area contributed by atoms with E-state index in [0.717, 1.165) is 5.56 Å². The lowest BCUT2D eigenvalue weighted by Gasteiger charge is -2.26. The Morgan fingerprint density at radius 1 is 1.19 bits per heavy atom. The highest BCUT2D eigenvalue weighted by molar-refractivity contribution is 6.33. The van der Waals surface area contributed by atoms with Gasteiger partial charge in [0.15, 0.2) is 11.5 Å². The Morgan fingerprint density at radius 3 is 2.46 bits per heavy atom. The summed E-state index contributed by atoms with van der Waals surface area (Å²) in [5.41, 5.74) is 0.770. The quantitative estimate of drug-likeness (QED) is 0.798. The van der Waals surface area contributed by atoms with Gasteiger partial charge in [-0.2, -0.15) is 0 Å². The van der Waals surface area contributed by atoms with Gasteiger partial charge in [-0.3, -0.25) is 4.79 Å². The van der Waals surface area contributed by atoms with Crippen molar-refractivity contribution in [1.29, 1.82) is 0 Å². The topological polar surface area (TPSA) is 50.8 Å². The van der Waals surface area contributed by atoms with Crippen LogP contribution >= 0.6 is 11.6 Å². The van der Waals surface area contributed by atoms with E-state index in [4.69, 9.17) is 21.1 Å². The number of nitrogens with zero attached hydrogens (tertiary/aromatic N) is 1. The number of ether oxygens (including phenoxy) is 2. The Kier molecular flexibility index (Phi) is 6.83. The maximum Gasteiger partial charge on any atom is 0.255 e. The smallest absolute Gasteiger partial charge is 0.255 e. The maximum absolute atomic E-state index is 13.9. The fraction of sp³-hybridized carbons (Fsp3) is 0.316. The third-order valence-corrected chi connectivity index (χ3v) is 4.38. The first kappa shape index (κ1) is 20.0. The number of rotatable bonds is 7. The summed E-state index contributed by atoms with van der Waals surface area (Å²) in [6.07, 6.45) is 0. The molecule has 0 spiro atoms. The van der Waals surface area contributed by atoms with Crippen molar-refractivity contribution in [3.63, 3.8) is 0 Å². The minimum atomic E-state index is -0.650. The summed E-state index contributed by atoms with van der Waals surface area (Å²) in [4.78, 5) is 14.3. The van der Waals surface area contributed by atoms with Gasteiger partial charge in [0.1, 0.15) is 5.82 Å². The SMILES string of the molecule is COc1ccc(C(CNC(=O)c2c(F)cccc2Cl)N(C)C)cc1OC. The van der Waals surface area contributed by atoms with Gasteiger partial charge in [-0.25, -0.2) is 4.39 Å². The predicted molar refractivity (Wildman–Crippen MR) is 99.7 cm³/mol. The van der Waals surface area contributed by atoms with Crippen LogP contribution < -0.4 is 14.8 Å². The van der Waals surface area contributed by atoms with Gasteiger partial charge in [-0.1, -0.05) is 23.7 Å². The van der Waals surface area contributed by atoms with Gasteiger partial charge in [-0.15, -0.1) is 0 Å². The van der Waals surface area contributed by atoms with Crippen molar-refractivity contribution < 1.29 is 18.7 Å². The number of nitrogens with one attached hydrogen (secondary N) is 1. The third kappa shape index (κ3) is 4.45. The van der Waals surface area contributed by atoms with Crippen LogP contribution in [0, 0.1) is 5.82 Å². The van der Waals surface area contributed by atoms with Crippen LogP contribution in [0.3, 0.4) is 0 Å². The monoisotopic (exact) mass is 380 g/mol. The van der Waals surface area contributed by atoms with Crippen LogP contribution in [0.15, 0.2) is 36.4 Å². The molecule has 1 unspecified atom stereocenters. The summed E-state index contributed by atoms with van der Waals surface area (Å²) in [5, 5.41) is 2.83. The minimum absolute atomic E-state index is 0.0787. The summed E-state index contributed by atoms with van der Waals surface area (Å²) >= 11 is 5.95. The molecule has 2 aromatic carbocycles. The standard InChI is InChI=1S/C19H22ClFN2O3/c1-23(2)15(12-8-9-16(25-3)17(10-12)26-4)11-22-19(24)18-13(20)6-5-7-14(18)21/h5-10,15H,11H2,1-4H3,(H,22,24). The van der Waals surface area contributed by atoms with Crippen LogP contribution in [-0.4, -0.2) is 45.7 Å². The number of amides is 1. The second-order valence-electron chi connectivity index (χ2n) is 5.90. The zero-order chi connectivity index (χ0) is 19.3. The van der Waals surface area contributed by atoms with E-state index in [9.17, 15) is 9.18 Å². The normalized spacial score (nSPS) is 12.0. The molecule has 0 radical (unpaired) electrons. The van der Waals surface area contributed by atoms with Crippen molar-refractivity contribution in [2.75, 3.05) is 34.9 Å². The number of carbonyl (C=O) groups excluding carboxylic acids is 1. The first-order valence-electron chi connectivity index (χ1n) is 7.99. The summed E-state index contributed by atoms with van der Waals surface area (Å²) in [6, 6.07) is 9.56. The van der Waals surface area contributed by atoms with E-state index >= 15 is 0 Å². The van der Waals surface area contributed by atoms with Gasteiger partial charge in [0.25, 0.3) is 5.91 Å². The van der Waals surface area contributed by atoms with Crippen LogP contribution in [-0.2, 0) is 0 Å². The second kappa shape index (κ2) is 8.87. The fourth-order valence-electron chi connectivity index (χ4n) is 2.65. The van der Waals surface area contributed by atoms with Crippen molar-refractivity contribution in [2.45, 2.75) is 6.04 Å². The molecule has 0 aromatic heterocycles. The zero-order valence-electron chi connectivity index (χ0n) is 15.2. The summed E-state index contributed by atoms with van der Waals surface area (Å²) in [6.45, 7) is 0.270. The molecule has 5 nitrogen and oxygen atoms in total. The molecule has 0 aliphatic heterocycles. The van der Waals surface area contributed by atoms with Gasteiger partial charge >= 0.3 is 0 Å². The lowest BCUT2D eigenvalue weighted by Crippen LogP contribution is -2.35. The molecular weight excluding hydrogens is 359 g/mol. The Balaban J connectivity index is 2.20. The number of methoxy groups -OCH3 is 2. The molecule has 1 amide bonds. The zero-order valence-corrected chi connectivity index (χ0v) is 15.9. The lowest BCUT2D eigenvalue weighted by atomic mass is 10.0. The van der Waals surface area contributed by atoms with Gasteiger partial charge in [0, 0.05) is 6.54 Å². The molecule has 26 heavy (non-hydrogen) atoms. The van der Waals surface area contributed by atoms with Gasteiger partial charge in [0.2, 0.25) is 0 Å². The molecule has 0 fully saturated rings. The van der Waals surface area contributed by atoms with Crippen molar-refractivity contribution in [3.05, 3.63) is 58.4 Å². The third-order valence-electron chi connectivity index (χ3n) is 4.06. The molecule has 7 heteroatoms. The molecule has 140 valence electrons. The van der Waals surface area contributed by atoms with E-state index in [-0.39, 0.29) is 23.2 Å². The Bertz CT molecular complexity index is 763. The van der Waals surface area contributed by atoms with E-state index in [0.29, 0.717) is 11.5 Å². The maximum atomic E-state index is 13.9. The van der Waals surface area contributed by atoms with Gasteiger partial charge < -0.3 is 19.7 Å². The molecule has 0 saturated heterocycles. The highest BCUT2D eigenvalue weighted by atomic mass is 35.5. The molecule has 0 saturated carbocycles. The molecular formula is C19H22ClFN2O3. The average molecular weight is 381 g/mol. The van der Waals surface area contributed by atoms with E-state index in [1.54, 1.807) is 20.3 Å². The molecule has 2 rings (SSSR count). The number of carbonyl (C=O) groups is 1. The van der Waals surface area contributed by atoms with Crippen molar-refractivity contribution in [2.24, 2.45) is 0 Å². The van der Waals surface area contributed by atoms with Crippen LogP contribution in [0.25, 0.3) is 0 Å². The van der Waals surface area contributed by atoms with Crippen LogP contribution in [0.4, 0.5) is 4.39 Å².